The highest BCUT2D eigenvalue weighted by atomic mass is 16.4. The van der Waals surface area contributed by atoms with Crippen molar-refractivity contribution in [3.63, 3.8) is 0 Å². The number of carbonyl (C=O) groups is 1. The maximum atomic E-state index is 10.6. The van der Waals surface area contributed by atoms with Gasteiger partial charge in [0.25, 0.3) is 0 Å². The number of piperidine rings is 1. The standard InChI is InChI=1S/C13H17NO3/c15-11-3-1-2-10(7-11)12-5-4-9(8-14-12)6-13(16)17/h1-3,7,9,12,14-15H,4-6,8H2,(H,16,17). The van der Waals surface area contributed by atoms with Crippen LogP contribution >= 0.6 is 0 Å². The number of carboxylic acid groups (broad SMARTS) is 1. The van der Waals surface area contributed by atoms with E-state index in [9.17, 15) is 9.90 Å². The number of nitrogens with one attached hydrogen (secondary N) is 1. The number of phenols is 1. The largest absolute Gasteiger partial charge is 0.508 e. The van der Waals surface area contributed by atoms with E-state index in [1.807, 2.05) is 12.1 Å². The quantitative estimate of drug-likeness (QED) is 0.748. The molecule has 0 saturated carbocycles. The van der Waals surface area contributed by atoms with Gasteiger partial charge in [-0.3, -0.25) is 4.79 Å². The van der Waals surface area contributed by atoms with Gasteiger partial charge < -0.3 is 15.5 Å². The second-order valence-electron chi connectivity index (χ2n) is 4.60. The van der Waals surface area contributed by atoms with Gasteiger partial charge in [-0.15, -0.1) is 0 Å². The molecular formula is C13H17NO3. The zero-order valence-corrected chi connectivity index (χ0v) is 9.60. The van der Waals surface area contributed by atoms with Gasteiger partial charge in [-0.05, 0) is 43.0 Å². The second kappa shape index (κ2) is 5.19. The van der Waals surface area contributed by atoms with Crippen LogP contribution in [0.25, 0.3) is 0 Å². The minimum atomic E-state index is -0.729. The van der Waals surface area contributed by atoms with E-state index in [2.05, 4.69) is 5.32 Å². The summed E-state index contributed by atoms with van der Waals surface area (Å²) in [7, 11) is 0. The van der Waals surface area contributed by atoms with Gasteiger partial charge in [-0.2, -0.15) is 0 Å². The number of hydrogen-bond acceptors (Lipinski definition) is 3. The van der Waals surface area contributed by atoms with E-state index in [1.54, 1.807) is 12.1 Å². The summed E-state index contributed by atoms with van der Waals surface area (Å²) in [5.74, 6) is -0.231. The Labute approximate surface area is 100 Å². The van der Waals surface area contributed by atoms with Crippen molar-refractivity contribution in [3.05, 3.63) is 29.8 Å². The Morgan fingerprint density at radius 1 is 1.41 bits per heavy atom. The Balaban J connectivity index is 1.93. The molecule has 92 valence electrons. The molecule has 2 unspecified atom stereocenters. The van der Waals surface area contributed by atoms with E-state index in [4.69, 9.17) is 5.11 Å². The molecule has 2 atom stereocenters. The van der Waals surface area contributed by atoms with Gasteiger partial charge in [-0.1, -0.05) is 12.1 Å². The molecule has 1 aromatic carbocycles. The Bertz CT molecular complexity index is 397. The Hall–Kier alpha value is -1.55. The number of hydrogen-bond donors (Lipinski definition) is 3. The first-order valence-corrected chi connectivity index (χ1v) is 5.89. The number of rotatable bonds is 3. The molecule has 1 aromatic rings. The number of carboxylic acids is 1. The van der Waals surface area contributed by atoms with E-state index in [-0.39, 0.29) is 24.1 Å². The predicted molar refractivity (Wildman–Crippen MR) is 63.8 cm³/mol. The van der Waals surface area contributed by atoms with Crippen LogP contribution in [0.3, 0.4) is 0 Å². The van der Waals surface area contributed by atoms with E-state index in [0.29, 0.717) is 0 Å². The molecule has 4 nitrogen and oxygen atoms in total. The highest BCUT2D eigenvalue weighted by Crippen LogP contribution is 2.28. The predicted octanol–water partition coefficient (Wildman–Crippen LogP) is 1.91. The number of phenolic OH excluding ortho intramolecular Hbond substituents is 1. The van der Waals surface area contributed by atoms with E-state index < -0.39 is 5.97 Å². The Morgan fingerprint density at radius 3 is 2.82 bits per heavy atom. The molecule has 4 heteroatoms. The lowest BCUT2D eigenvalue weighted by atomic mass is 9.89. The molecule has 3 N–H and O–H groups in total. The molecule has 1 fully saturated rings. The average Bonchev–Trinajstić information content (AvgIpc) is 2.29. The lowest BCUT2D eigenvalue weighted by Gasteiger charge is -2.29. The minimum absolute atomic E-state index is 0.223. The normalized spacial score (nSPS) is 24.5. The van der Waals surface area contributed by atoms with Crippen LogP contribution in [0, 0.1) is 5.92 Å². The number of aromatic hydroxyl groups is 1. The summed E-state index contributed by atoms with van der Waals surface area (Å²) in [6, 6.07) is 7.45. The molecule has 17 heavy (non-hydrogen) atoms. The first kappa shape index (κ1) is 11.9. The van der Waals surface area contributed by atoms with E-state index in [0.717, 1.165) is 24.9 Å². The van der Waals surface area contributed by atoms with Gasteiger partial charge in [0.2, 0.25) is 0 Å². The molecular weight excluding hydrogens is 218 g/mol. The third-order valence-electron chi connectivity index (χ3n) is 3.25. The smallest absolute Gasteiger partial charge is 0.303 e. The molecule has 0 spiro atoms. The van der Waals surface area contributed by atoms with Gasteiger partial charge >= 0.3 is 5.97 Å². The number of benzene rings is 1. The maximum Gasteiger partial charge on any atom is 0.303 e. The van der Waals surface area contributed by atoms with E-state index >= 15 is 0 Å². The molecule has 1 saturated heterocycles. The van der Waals surface area contributed by atoms with Crippen molar-refractivity contribution in [1.82, 2.24) is 5.32 Å². The van der Waals surface area contributed by atoms with Gasteiger partial charge in [-0.25, -0.2) is 0 Å². The maximum absolute atomic E-state index is 10.6. The topological polar surface area (TPSA) is 69.6 Å². The first-order valence-electron chi connectivity index (χ1n) is 5.89. The molecule has 0 aliphatic carbocycles. The monoisotopic (exact) mass is 235 g/mol. The van der Waals surface area contributed by atoms with Crippen LogP contribution in [-0.2, 0) is 4.79 Å². The van der Waals surface area contributed by atoms with Crippen molar-refractivity contribution in [1.29, 1.82) is 0 Å². The summed E-state index contributed by atoms with van der Waals surface area (Å²) in [6.45, 7) is 0.729. The van der Waals surface area contributed by atoms with Gasteiger partial charge in [0, 0.05) is 12.5 Å². The summed E-state index contributed by atoms with van der Waals surface area (Å²) in [6.07, 6.45) is 2.07. The molecule has 2 rings (SSSR count). The van der Waals surface area contributed by atoms with Crippen molar-refractivity contribution >= 4 is 5.97 Å². The summed E-state index contributed by atoms with van der Waals surface area (Å²) in [5.41, 5.74) is 1.07. The van der Waals surface area contributed by atoms with Crippen LogP contribution in [0.4, 0.5) is 0 Å². The molecule has 0 radical (unpaired) electrons. The summed E-state index contributed by atoms with van der Waals surface area (Å²) in [4.78, 5) is 10.6. The van der Waals surface area contributed by atoms with Crippen LogP contribution in [0.5, 0.6) is 5.75 Å². The van der Waals surface area contributed by atoms with E-state index in [1.165, 1.54) is 0 Å². The zero-order chi connectivity index (χ0) is 12.3. The highest BCUT2D eigenvalue weighted by Gasteiger charge is 2.23. The molecule has 0 aromatic heterocycles. The summed E-state index contributed by atoms with van der Waals surface area (Å²) < 4.78 is 0. The Morgan fingerprint density at radius 2 is 2.24 bits per heavy atom. The fraction of sp³-hybridized carbons (Fsp3) is 0.462. The first-order chi connectivity index (χ1) is 8.15. The molecule has 0 amide bonds. The fourth-order valence-corrected chi connectivity index (χ4v) is 2.36. The van der Waals surface area contributed by atoms with Gasteiger partial charge in [0.1, 0.15) is 5.75 Å². The average molecular weight is 235 g/mol. The molecule has 1 heterocycles. The second-order valence-corrected chi connectivity index (χ2v) is 4.60. The summed E-state index contributed by atoms with van der Waals surface area (Å²) in [5, 5.41) is 21.5. The zero-order valence-electron chi connectivity index (χ0n) is 9.60. The lowest BCUT2D eigenvalue weighted by Crippen LogP contribution is -2.34. The highest BCUT2D eigenvalue weighted by molar-refractivity contribution is 5.67. The van der Waals surface area contributed by atoms with Crippen molar-refractivity contribution < 1.29 is 15.0 Å². The molecule has 0 bridgehead atoms. The molecule has 1 aliphatic heterocycles. The van der Waals surface area contributed by atoms with Crippen LogP contribution in [0.1, 0.15) is 30.9 Å². The van der Waals surface area contributed by atoms with Crippen molar-refractivity contribution in [2.75, 3.05) is 6.54 Å². The fourth-order valence-electron chi connectivity index (χ4n) is 2.36. The summed E-state index contributed by atoms with van der Waals surface area (Å²) >= 11 is 0. The van der Waals surface area contributed by atoms with Crippen molar-refractivity contribution in [2.45, 2.75) is 25.3 Å². The number of aliphatic carboxylic acids is 1. The van der Waals surface area contributed by atoms with Crippen LogP contribution < -0.4 is 5.32 Å². The van der Waals surface area contributed by atoms with Crippen molar-refractivity contribution in [2.24, 2.45) is 5.92 Å². The van der Waals surface area contributed by atoms with Crippen LogP contribution in [0.15, 0.2) is 24.3 Å². The lowest BCUT2D eigenvalue weighted by molar-refractivity contribution is -0.138. The Kier molecular flexibility index (Phi) is 3.64. The molecule has 1 aliphatic rings. The van der Waals surface area contributed by atoms with Gasteiger partial charge in [0.15, 0.2) is 0 Å². The minimum Gasteiger partial charge on any atom is -0.508 e. The van der Waals surface area contributed by atoms with Crippen molar-refractivity contribution in [3.8, 4) is 5.75 Å². The third kappa shape index (κ3) is 3.20. The third-order valence-corrected chi connectivity index (χ3v) is 3.25. The SMILES string of the molecule is O=C(O)CC1CCC(c2cccc(O)c2)NC1. The van der Waals surface area contributed by atoms with Crippen LogP contribution in [0.2, 0.25) is 0 Å². The van der Waals surface area contributed by atoms with Crippen LogP contribution in [-0.4, -0.2) is 22.7 Å². The van der Waals surface area contributed by atoms with Gasteiger partial charge in [0.05, 0.1) is 0 Å².